The minimum Gasteiger partial charge on any atom is -0.497 e. The average Bonchev–Trinajstić information content (AvgIpc) is 3.71. The maximum atomic E-state index is 13.3. The number of hydrogen-bond donors (Lipinski definition) is 0. The second-order valence-corrected chi connectivity index (χ2v) is 10.8. The van der Waals surface area contributed by atoms with Gasteiger partial charge < -0.3 is 14.2 Å². The molecule has 0 amide bonds. The van der Waals surface area contributed by atoms with Crippen LogP contribution in [0.25, 0.3) is 6.08 Å². The van der Waals surface area contributed by atoms with Gasteiger partial charge in [0.25, 0.3) is 0 Å². The first kappa shape index (κ1) is 32.4. The van der Waals surface area contributed by atoms with Gasteiger partial charge in [-0.15, -0.1) is 10.2 Å². The molecule has 2 aromatic carbocycles. The average molecular weight is 601 g/mol. The van der Waals surface area contributed by atoms with Crippen molar-refractivity contribution in [3.8, 4) is 17.2 Å². The first-order valence-corrected chi connectivity index (χ1v) is 15.6. The molecule has 2 aromatic heterocycles. The van der Waals surface area contributed by atoms with Crippen LogP contribution in [0.2, 0.25) is 0 Å². The van der Waals surface area contributed by atoms with Crippen LogP contribution in [-0.4, -0.2) is 42.9 Å². The number of unbranched alkanes of at least 4 members (excludes halogenated alkanes) is 6. The topological polar surface area (TPSA) is 106 Å². The molecule has 0 unspecified atom stereocenters. The summed E-state index contributed by atoms with van der Waals surface area (Å²) in [7, 11) is 1.62. The van der Waals surface area contributed by atoms with Gasteiger partial charge >= 0.3 is 0 Å². The summed E-state index contributed by atoms with van der Waals surface area (Å²) in [6.45, 7) is 6.48. The number of ketones is 1. The third-order valence-corrected chi connectivity index (χ3v) is 7.18. The summed E-state index contributed by atoms with van der Waals surface area (Å²) in [5.41, 5.74) is 2.73. The second kappa shape index (κ2) is 17.6. The smallest absolute Gasteiger partial charge is 0.189 e. The van der Waals surface area contributed by atoms with Gasteiger partial charge in [0.05, 0.1) is 25.1 Å². The van der Waals surface area contributed by atoms with Crippen LogP contribution in [0, 0.1) is 0 Å². The Labute approximate surface area is 260 Å². The quantitative estimate of drug-likeness (QED) is 0.0601. The van der Waals surface area contributed by atoms with Gasteiger partial charge in [-0.25, -0.2) is 0 Å². The van der Waals surface area contributed by atoms with E-state index in [2.05, 4.69) is 34.5 Å². The number of methoxy groups -OCH3 is 1. The van der Waals surface area contributed by atoms with Crippen LogP contribution >= 0.6 is 0 Å². The third-order valence-electron chi connectivity index (χ3n) is 7.18. The van der Waals surface area contributed by atoms with Crippen molar-refractivity contribution in [2.75, 3.05) is 7.11 Å². The second-order valence-electron chi connectivity index (χ2n) is 10.8. The summed E-state index contributed by atoms with van der Waals surface area (Å²) in [5, 5.41) is 16.9. The van der Waals surface area contributed by atoms with Crippen LogP contribution in [0.1, 0.15) is 92.5 Å². The normalized spacial score (nSPS) is 11.2. The summed E-state index contributed by atoms with van der Waals surface area (Å²) in [4.78, 5) is 13.3. The Kier molecular flexibility index (Phi) is 13.0. The van der Waals surface area contributed by atoms with Crippen molar-refractivity contribution in [2.24, 2.45) is 0 Å². The van der Waals surface area contributed by atoms with Gasteiger partial charge in [-0.3, -0.25) is 14.2 Å². The molecule has 0 aliphatic carbocycles. The Bertz CT molecular complexity index is 1460. The summed E-state index contributed by atoms with van der Waals surface area (Å²) in [6.07, 6.45) is 16.4. The standard InChI is InChI=1S/C34H44N6O4/c1-4-6-8-10-20-39-23-28(35-37-39)25-43-31-17-18-32(33(41)19-14-27-12-15-30(42-3)16-13-27)34(22-31)44-26-29-24-40(38-36-29)21-11-9-7-5-2/h12-19,22-24H,4-11,20-21,25-26H2,1-3H3/b19-14+. The first-order chi connectivity index (χ1) is 21.6. The molecule has 234 valence electrons. The lowest BCUT2D eigenvalue weighted by molar-refractivity contribution is 0.104. The van der Waals surface area contributed by atoms with Crippen LogP contribution in [0.3, 0.4) is 0 Å². The van der Waals surface area contributed by atoms with Crippen molar-refractivity contribution in [3.63, 3.8) is 0 Å². The number of aryl methyl sites for hydroxylation is 2. The predicted octanol–water partition coefficient (Wildman–Crippen LogP) is 7.09. The zero-order valence-corrected chi connectivity index (χ0v) is 26.2. The molecule has 0 radical (unpaired) electrons. The number of rotatable bonds is 20. The van der Waals surface area contributed by atoms with Gasteiger partial charge in [-0.2, -0.15) is 0 Å². The highest BCUT2D eigenvalue weighted by Gasteiger charge is 2.14. The third kappa shape index (κ3) is 10.4. The van der Waals surface area contributed by atoms with Crippen molar-refractivity contribution in [3.05, 3.63) is 83.4 Å². The Hall–Kier alpha value is -4.47. The van der Waals surface area contributed by atoms with E-state index in [9.17, 15) is 4.79 Å². The van der Waals surface area contributed by atoms with Crippen molar-refractivity contribution >= 4 is 11.9 Å². The molecule has 4 rings (SSSR count). The molecule has 0 bridgehead atoms. The molecule has 0 aliphatic rings. The Morgan fingerprint density at radius 2 is 1.34 bits per heavy atom. The van der Waals surface area contributed by atoms with E-state index in [4.69, 9.17) is 14.2 Å². The number of carbonyl (C=O) groups excluding carboxylic acids is 1. The SMILES string of the molecule is CCCCCCn1cc(COc2ccc(C(=O)/C=C/c3ccc(OC)cc3)c(OCc3cn(CCCCCC)nn3)c2)nn1. The van der Waals surface area contributed by atoms with E-state index in [0.29, 0.717) is 22.8 Å². The van der Waals surface area contributed by atoms with Crippen LogP contribution in [0.5, 0.6) is 17.2 Å². The molecule has 0 saturated carbocycles. The number of hydrogen-bond acceptors (Lipinski definition) is 8. The molecular formula is C34H44N6O4. The number of nitrogens with zero attached hydrogens (tertiary/aromatic N) is 6. The molecular weight excluding hydrogens is 556 g/mol. The molecule has 0 atom stereocenters. The lowest BCUT2D eigenvalue weighted by atomic mass is 10.1. The maximum absolute atomic E-state index is 13.3. The van der Waals surface area contributed by atoms with E-state index in [1.807, 2.05) is 46.0 Å². The highest BCUT2D eigenvalue weighted by atomic mass is 16.5. The van der Waals surface area contributed by atoms with Crippen molar-refractivity contribution in [1.29, 1.82) is 0 Å². The highest BCUT2D eigenvalue weighted by molar-refractivity contribution is 6.08. The highest BCUT2D eigenvalue weighted by Crippen LogP contribution is 2.27. The Morgan fingerprint density at radius 1 is 0.750 bits per heavy atom. The molecule has 0 N–H and O–H groups in total. The molecule has 10 nitrogen and oxygen atoms in total. The molecule has 0 aliphatic heterocycles. The zero-order valence-electron chi connectivity index (χ0n) is 26.2. The number of aromatic nitrogens is 6. The maximum Gasteiger partial charge on any atom is 0.189 e. The van der Waals surface area contributed by atoms with Crippen molar-refractivity contribution in [2.45, 2.75) is 91.5 Å². The van der Waals surface area contributed by atoms with E-state index in [1.165, 1.54) is 44.6 Å². The number of carbonyl (C=O) groups is 1. The van der Waals surface area contributed by atoms with Gasteiger partial charge in [0.2, 0.25) is 0 Å². The molecule has 0 spiro atoms. The van der Waals surface area contributed by atoms with Crippen molar-refractivity contribution in [1.82, 2.24) is 30.0 Å². The van der Waals surface area contributed by atoms with Crippen LogP contribution < -0.4 is 14.2 Å². The Balaban J connectivity index is 1.43. The zero-order chi connectivity index (χ0) is 31.0. The summed E-state index contributed by atoms with van der Waals surface area (Å²) >= 11 is 0. The number of benzene rings is 2. The van der Waals surface area contributed by atoms with E-state index in [1.54, 1.807) is 31.4 Å². The summed E-state index contributed by atoms with van der Waals surface area (Å²) in [6, 6.07) is 12.7. The Morgan fingerprint density at radius 3 is 1.93 bits per heavy atom. The fraction of sp³-hybridized carbons (Fsp3) is 0.441. The summed E-state index contributed by atoms with van der Waals surface area (Å²) < 4.78 is 21.1. The van der Waals surface area contributed by atoms with E-state index < -0.39 is 0 Å². The van der Waals surface area contributed by atoms with Gasteiger partial charge in [-0.1, -0.05) is 81.0 Å². The fourth-order valence-electron chi connectivity index (χ4n) is 4.63. The number of allylic oxidation sites excluding steroid dienone is 1. The van der Waals surface area contributed by atoms with Gasteiger partial charge in [0, 0.05) is 19.2 Å². The largest absolute Gasteiger partial charge is 0.497 e. The van der Waals surface area contributed by atoms with Crippen LogP contribution in [-0.2, 0) is 26.3 Å². The minimum absolute atomic E-state index is 0.174. The minimum atomic E-state index is -0.187. The van der Waals surface area contributed by atoms with Gasteiger partial charge in [-0.05, 0) is 48.7 Å². The molecule has 2 heterocycles. The molecule has 44 heavy (non-hydrogen) atoms. The number of ether oxygens (including phenoxy) is 3. The van der Waals surface area contributed by atoms with E-state index in [0.717, 1.165) is 42.9 Å². The van der Waals surface area contributed by atoms with E-state index >= 15 is 0 Å². The van der Waals surface area contributed by atoms with Crippen molar-refractivity contribution < 1.29 is 19.0 Å². The monoisotopic (exact) mass is 600 g/mol. The van der Waals surface area contributed by atoms with Gasteiger partial charge in [0.1, 0.15) is 41.9 Å². The lowest BCUT2D eigenvalue weighted by Gasteiger charge is -2.12. The predicted molar refractivity (Wildman–Crippen MR) is 170 cm³/mol. The molecule has 4 aromatic rings. The summed E-state index contributed by atoms with van der Waals surface area (Å²) in [5.74, 6) is 1.54. The van der Waals surface area contributed by atoms with Crippen LogP contribution in [0.4, 0.5) is 0 Å². The lowest BCUT2D eigenvalue weighted by Crippen LogP contribution is -2.04. The molecule has 0 fully saturated rings. The van der Waals surface area contributed by atoms with E-state index in [-0.39, 0.29) is 19.0 Å². The van der Waals surface area contributed by atoms with Gasteiger partial charge in [0.15, 0.2) is 5.78 Å². The fourth-order valence-corrected chi connectivity index (χ4v) is 4.63. The van der Waals surface area contributed by atoms with Crippen LogP contribution in [0.15, 0.2) is 60.9 Å². The first-order valence-electron chi connectivity index (χ1n) is 15.6. The molecule has 0 saturated heterocycles. The molecule has 10 heteroatoms.